The standard InChI is InChI=1S/C26H24N4O2S/c1-19-6-4-9-23-25(19)28-26(33-23)30(14-5-13-29-15-12-27-18-29)24(31)17-32-22-11-10-20-7-2-3-8-21(20)16-22/h2-4,6-12,15-16,18H,5,13-14,17H2,1H3. The molecule has 0 N–H and O–H groups in total. The number of ether oxygens (including phenoxy) is 1. The van der Waals surface area contributed by atoms with Gasteiger partial charge in [-0.3, -0.25) is 9.69 Å². The number of thiazole rings is 1. The number of carbonyl (C=O) groups is 1. The van der Waals surface area contributed by atoms with Crippen LogP contribution in [0, 0.1) is 6.92 Å². The molecule has 0 saturated heterocycles. The fourth-order valence-corrected chi connectivity index (χ4v) is 4.91. The van der Waals surface area contributed by atoms with Crippen LogP contribution in [0.5, 0.6) is 5.75 Å². The first-order chi connectivity index (χ1) is 16.2. The first-order valence-electron chi connectivity index (χ1n) is 10.9. The van der Waals surface area contributed by atoms with Crippen molar-refractivity contribution in [2.24, 2.45) is 0 Å². The third kappa shape index (κ3) is 4.73. The van der Waals surface area contributed by atoms with Crippen molar-refractivity contribution in [3.05, 3.63) is 84.9 Å². The van der Waals surface area contributed by atoms with E-state index in [9.17, 15) is 4.79 Å². The lowest BCUT2D eigenvalue weighted by atomic mass is 10.1. The molecule has 2 aromatic heterocycles. The second kappa shape index (κ2) is 9.42. The monoisotopic (exact) mass is 456 g/mol. The number of amides is 1. The van der Waals surface area contributed by atoms with Gasteiger partial charge >= 0.3 is 0 Å². The number of para-hydroxylation sites is 1. The maximum atomic E-state index is 13.3. The molecule has 0 aliphatic carbocycles. The van der Waals surface area contributed by atoms with Crippen molar-refractivity contribution >= 4 is 43.4 Å². The molecule has 2 heterocycles. The zero-order valence-corrected chi connectivity index (χ0v) is 19.2. The highest BCUT2D eigenvalue weighted by molar-refractivity contribution is 7.22. The third-order valence-corrected chi connectivity index (χ3v) is 6.63. The lowest BCUT2D eigenvalue weighted by Gasteiger charge is -2.20. The molecule has 5 aromatic rings. The lowest BCUT2D eigenvalue weighted by Crippen LogP contribution is -2.36. The summed E-state index contributed by atoms with van der Waals surface area (Å²) in [6.45, 7) is 3.33. The van der Waals surface area contributed by atoms with Gasteiger partial charge in [0.1, 0.15) is 5.75 Å². The average Bonchev–Trinajstić information content (AvgIpc) is 3.51. The molecule has 166 valence electrons. The van der Waals surface area contributed by atoms with Crippen LogP contribution in [0.15, 0.2) is 79.4 Å². The summed E-state index contributed by atoms with van der Waals surface area (Å²) in [5.41, 5.74) is 2.05. The number of nitrogens with zero attached hydrogens (tertiary/aromatic N) is 4. The second-order valence-corrected chi connectivity index (χ2v) is 8.92. The third-order valence-electron chi connectivity index (χ3n) is 5.58. The van der Waals surface area contributed by atoms with E-state index in [1.54, 1.807) is 17.4 Å². The van der Waals surface area contributed by atoms with Gasteiger partial charge in [0.2, 0.25) is 0 Å². The number of benzene rings is 3. The molecule has 3 aromatic carbocycles. The minimum atomic E-state index is -0.106. The fourth-order valence-electron chi connectivity index (χ4n) is 3.83. The van der Waals surface area contributed by atoms with Crippen molar-refractivity contribution in [2.45, 2.75) is 19.9 Å². The number of fused-ring (bicyclic) bond motifs is 2. The highest BCUT2D eigenvalue weighted by atomic mass is 32.1. The van der Waals surface area contributed by atoms with Gasteiger partial charge in [0.15, 0.2) is 11.7 Å². The number of carbonyl (C=O) groups excluding carboxylic acids is 1. The second-order valence-electron chi connectivity index (χ2n) is 7.92. The highest BCUT2D eigenvalue weighted by Gasteiger charge is 2.21. The van der Waals surface area contributed by atoms with E-state index in [0.717, 1.165) is 39.5 Å². The van der Waals surface area contributed by atoms with Crippen LogP contribution < -0.4 is 9.64 Å². The van der Waals surface area contributed by atoms with Crippen LogP contribution in [-0.4, -0.2) is 33.6 Å². The van der Waals surface area contributed by atoms with Crippen LogP contribution >= 0.6 is 11.3 Å². The maximum absolute atomic E-state index is 13.3. The van der Waals surface area contributed by atoms with Crippen molar-refractivity contribution in [1.82, 2.24) is 14.5 Å². The Hall–Kier alpha value is -3.71. The van der Waals surface area contributed by atoms with Crippen molar-refractivity contribution in [3.63, 3.8) is 0 Å². The van der Waals surface area contributed by atoms with Gasteiger partial charge in [0.25, 0.3) is 5.91 Å². The molecule has 6 nitrogen and oxygen atoms in total. The smallest absolute Gasteiger partial charge is 0.266 e. The molecule has 0 saturated carbocycles. The fraction of sp³-hybridized carbons (Fsp3) is 0.192. The van der Waals surface area contributed by atoms with E-state index in [2.05, 4.69) is 11.1 Å². The van der Waals surface area contributed by atoms with E-state index in [4.69, 9.17) is 9.72 Å². The number of hydrogen-bond acceptors (Lipinski definition) is 5. The Labute approximate surface area is 196 Å². The molecule has 1 amide bonds. The van der Waals surface area contributed by atoms with Gasteiger partial charge in [-0.15, -0.1) is 0 Å². The Morgan fingerprint density at radius 2 is 1.97 bits per heavy atom. The molecule has 33 heavy (non-hydrogen) atoms. The van der Waals surface area contributed by atoms with Crippen LogP contribution in [0.4, 0.5) is 5.13 Å². The first kappa shape index (κ1) is 21.2. The summed E-state index contributed by atoms with van der Waals surface area (Å²) in [6.07, 6.45) is 6.26. The molecular formula is C26H24N4O2S. The van der Waals surface area contributed by atoms with Crippen LogP contribution in [0.25, 0.3) is 21.0 Å². The largest absolute Gasteiger partial charge is 0.484 e. The molecule has 0 fully saturated rings. The van der Waals surface area contributed by atoms with Crippen molar-refractivity contribution < 1.29 is 9.53 Å². The van der Waals surface area contributed by atoms with Crippen molar-refractivity contribution in [1.29, 1.82) is 0 Å². The van der Waals surface area contributed by atoms with Gasteiger partial charge in [0, 0.05) is 25.5 Å². The van der Waals surface area contributed by atoms with E-state index in [1.165, 1.54) is 11.3 Å². The van der Waals surface area contributed by atoms with E-state index < -0.39 is 0 Å². The predicted molar refractivity (Wildman–Crippen MR) is 133 cm³/mol. The molecule has 0 atom stereocenters. The van der Waals surface area contributed by atoms with Gasteiger partial charge < -0.3 is 9.30 Å². The van der Waals surface area contributed by atoms with E-state index >= 15 is 0 Å². The molecule has 0 unspecified atom stereocenters. The molecular weight excluding hydrogens is 432 g/mol. The first-order valence-corrected chi connectivity index (χ1v) is 11.7. The number of aromatic nitrogens is 3. The molecule has 0 radical (unpaired) electrons. The molecule has 0 spiro atoms. The number of anilines is 1. The van der Waals surface area contributed by atoms with Gasteiger partial charge in [-0.05, 0) is 47.9 Å². The summed E-state index contributed by atoms with van der Waals surface area (Å²) < 4.78 is 8.99. The quantitative estimate of drug-likeness (QED) is 0.311. The van der Waals surface area contributed by atoms with Crippen LogP contribution in [0.2, 0.25) is 0 Å². The number of aryl methyl sites for hydroxylation is 2. The summed E-state index contributed by atoms with van der Waals surface area (Å²) >= 11 is 1.54. The van der Waals surface area contributed by atoms with Gasteiger partial charge in [-0.2, -0.15) is 0 Å². The topological polar surface area (TPSA) is 60.2 Å². The summed E-state index contributed by atoms with van der Waals surface area (Å²) in [7, 11) is 0. The minimum absolute atomic E-state index is 0.0433. The maximum Gasteiger partial charge on any atom is 0.266 e. The molecule has 0 bridgehead atoms. The zero-order valence-electron chi connectivity index (χ0n) is 18.3. The summed E-state index contributed by atoms with van der Waals surface area (Å²) in [5, 5.41) is 2.93. The molecule has 0 aliphatic rings. The Kier molecular flexibility index (Phi) is 6.04. The Balaban J connectivity index is 1.34. The van der Waals surface area contributed by atoms with Crippen molar-refractivity contribution in [2.75, 3.05) is 18.1 Å². The van der Waals surface area contributed by atoms with Gasteiger partial charge in [0.05, 0.1) is 16.5 Å². The van der Waals surface area contributed by atoms with Gasteiger partial charge in [-0.25, -0.2) is 9.97 Å². The predicted octanol–water partition coefficient (Wildman–Crippen LogP) is 5.46. The SMILES string of the molecule is Cc1cccc2sc(N(CCCn3ccnc3)C(=O)COc3ccc4ccccc4c3)nc12. The lowest BCUT2D eigenvalue weighted by molar-refractivity contribution is -0.120. The Morgan fingerprint density at radius 3 is 2.79 bits per heavy atom. The highest BCUT2D eigenvalue weighted by Crippen LogP contribution is 2.31. The van der Waals surface area contributed by atoms with E-state index in [1.807, 2.05) is 72.3 Å². The van der Waals surface area contributed by atoms with Gasteiger partial charge in [-0.1, -0.05) is 53.8 Å². The Morgan fingerprint density at radius 1 is 1.09 bits per heavy atom. The summed E-state index contributed by atoms with van der Waals surface area (Å²) in [4.78, 5) is 23.9. The number of imidazole rings is 1. The normalized spacial score (nSPS) is 11.2. The average molecular weight is 457 g/mol. The number of hydrogen-bond donors (Lipinski definition) is 0. The summed E-state index contributed by atoms with van der Waals surface area (Å²) in [6, 6.07) is 20.1. The van der Waals surface area contributed by atoms with Crippen molar-refractivity contribution in [3.8, 4) is 5.75 Å². The summed E-state index contributed by atoms with van der Waals surface area (Å²) in [5.74, 6) is 0.575. The zero-order chi connectivity index (χ0) is 22.6. The molecule has 7 heteroatoms. The number of rotatable bonds is 8. The van der Waals surface area contributed by atoms with E-state index in [0.29, 0.717) is 17.4 Å². The molecule has 5 rings (SSSR count). The van der Waals surface area contributed by atoms with Crippen LogP contribution in [0.1, 0.15) is 12.0 Å². The Bertz CT molecular complexity index is 1390. The molecule has 0 aliphatic heterocycles. The minimum Gasteiger partial charge on any atom is -0.484 e. The van der Waals surface area contributed by atoms with Crippen LogP contribution in [0.3, 0.4) is 0 Å². The van der Waals surface area contributed by atoms with E-state index in [-0.39, 0.29) is 12.5 Å². The van der Waals surface area contributed by atoms with Crippen LogP contribution in [-0.2, 0) is 11.3 Å².